The Hall–Kier alpha value is -1.82. The van der Waals surface area contributed by atoms with Crippen LogP contribution in [0.1, 0.15) is 41.8 Å². The zero-order valence-electron chi connectivity index (χ0n) is 15.3. The molecule has 2 unspecified atom stereocenters. The number of guanidine groups is 1. The molecule has 2 aromatic rings. The van der Waals surface area contributed by atoms with Gasteiger partial charge in [-0.3, -0.25) is 4.68 Å². The third kappa shape index (κ3) is 4.24. The van der Waals surface area contributed by atoms with Gasteiger partial charge in [0, 0.05) is 41.3 Å². The minimum Gasteiger partial charge on any atom is -0.357 e. The van der Waals surface area contributed by atoms with Crippen LogP contribution in [0.25, 0.3) is 0 Å². The summed E-state index contributed by atoms with van der Waals surface area (Å²) < 4.78 is 3.05. The van der Waals surface area contributed by atoms with Gasteiger partial charge in [0.2, 0.25) is 0 Å². The van der Waals surface area contributed by atoms with Crippen molar-refractivity contribution in [2.75, 3.05) is 6.54 Å². The fraction of sp³-hybridized carbons (Fsp3) is 0.474. The maximum Gasteiger partial charge on any atom is 0.191 e. The number of nitrogens with zero attached hydrogens (tertiary/aromatic N) is 3. The number of rotatable bonds is 5. The molecular formula is C19H26BrN5. The topological polar surface area (TPSA) is 54.2 Å². The molecule has 134 valence electrons. The molecule has 1 saturated carbocycles. The highest BCUT2D eigenvalue weighted by molar-refractivity contribution is 9.10. The van der Waals surface area contributed by atoms with E-state index in [9.17, 15) is 0 Å². The highest BCUT2D eigenvalue weighted by Gasteiger charge is 2.38. The van der Waals surface area contributed by atoms with Gasteiger partial charge in [0.15, 0.2) is 5.96 Å². The SMILES string of the molecule is CCNC(=NCc1c(C)nn(C)c1C)NC1CC1c1ccc(Br)cc1. The Labute approximate surface area is 158 Å². The van der Waals surface area contributed by atoms with Crippen molar-refractivity contribution in [1.82, 2.24) is 20.4 Å². The molecule has 1 aromatic heterocycles. The molecular weight excluding hydrogens is 378 g/mol. The Balaban J connectivity index is 1.65. The Bertz CT molecular complexity index is 763. The van der Waals surface area contributed by atoms with Crippen LogP contribution in [0.15, 0.2) is 33.7 Å². The summed E-state index contributed by atoms with van der Waals surface area (Å²) in [6.45, 7) is 7.73. The van der Waals surface area contributed by atoms with Crippen LogP contribution >= 0.6 is 15.9 Å². The fourth-order valence-corrected chi connectivity index (χ4v) is 3.40. The molecule has 1 heterocycles. The van der Waals surface area contributed by atoms with Crippen LogP contribution in [-0.2, 0) is 13.6 Å². The molecule has 3 rings (SSSR count). The van der Waals surface area contributed by atoms with Gasteiger partial charge in [-0.05, 0) is 44.9 Å². The summed E-state index contributed by atoms with van der Waals surface area (Å²) in [5, 5.41) is 11.4. The maximum atomic E-state index is 4.77. The predicted molar refractivity (Wildman–Crippen MR) is 106 cm³/mol. The summed E-state index contributed by atoms with van der Waals surface area (Å²) in [5.41, 5.74) is 4.82. The molecule has 0 amide bonds. The molecule has 0 radical (unpaired) electrons. The second-order valence-corrected chi connectivity index (χ2v) is 7.53. The monoisotopic (exact) mass is 403 g/mol. The van der Waals surface area contributed by atoms with Gasteiger partial charge in [0.1, 0.15) is 0 Å². The normalized spacial score (nSPS) is 19.8. The van der Waals surface area contributed by atoms with Crippen molar-refractivity contribution in [2.45, 2.75) is 45.7 Å². The minimum atomic E-state index is 0.454. The summed E-state index contributed by atoms with van der Waals surface area (Å²) in [7, 11) is 1.98. The van der Waals surface area contributed by atoms with E-state index in [1.165, 1.54) is 16.8 Å². The zero-order chi connectivity index (χ0) is 18.0. The third-order valence-corrected chi connectivity index (χ3v) is 5.34. The molecule has 0 bridgehead atoms. The van der Waals surface area contributed by atoms with E-state index in [0.717, 1.165) is 29.1 Å². The first-order chi connectivity index (χ1) is 12.0. The first-order valence-corrected chi connectivity index (χ1v) is 9.58. The van der Waals surface area contributed by atoms with Crippen LogP contribution in [0.5, 0.6) is 0 Å². The molecule has 1 aliphatic carbocycles. The van der Waals surface area contributed by atoms with Gasteiger partial charge in [-0.15, -0.1) is 0 Å². The van der Waals surface area contributed by atoms with E-state index < -0.39 is 0 Å². The molecule has 1 aromatic carbocycles. The molecule has 2 N–H and O–H groups in total. The number of aromatic nitrogens is 2. The van der Waals surface area contributed by atoms with Crippen LogP contribution in [0, 0.1) is 13.8 Å². The second kappa shape index (κ2) is 7.60. The van der Waals surface area contributed by atoms with Crippen molar-refractivity contribution >= 4 is 21.9 Å². The van der Waals surface area contributed by atoms with Crippen LogP contribution < -0.4 is 10.6 Å². The van der Waals surface area contributed by atoms with Gasteiger partial charge in [-0.1, -0.05) is 28.1 Å². The van der Waals surface area contributed by atoms with Gasteiger partial charge in [0.25, 0.3) is 0 Å². The molecule has 1 fully saturated rings. The summed E-state index contributed by atoms with van der Waals surface area (Å²) in [4.78, 5) is 4.77. The number of benzene rings is 1. The standard InChI is InChI=1S/C19H26BrN5/c1-5-21-19(22-11-17-12(2)24-25(4)13(17)3)23-18-10-16(18)14-6-8-15(20)9-7-14/h6-9,16,18H,5,10-11H2,1-4H3,(H2,21,22,23). The van der Waals surface area contributed by atoms with E-state index in [-0.39, 0.29) is 0 Å². The van der Waals surface area contributed by atoms with Crippen molar-refractivity contribution in [2.24, 2.45) is 12.0 Å². The Morgan fingerprint density at radius 2 is 2.04 bits per heavy atom. The van der Waals surface area contributed by atoms with Crippen LogP contribution in [0.2, 0.25) is 0 Å². The van der Waals surface area contributed by atoms with Crippen molar-refractivity contribution < 1.29 is 0 Å². The van der Waals surface area contributed by atoms with Gasteiger partial charge in [-0.2, -0.15) is 5.10 Å². The molecule has 2 atom stereocenters. The van der Waals surface area contributed by atoms with Gasteiger partial charge in [-0.25, -0.2) is 4.99 Å². The fourth-order valence-electron chi connectivity index (χ4n) is 3.13. The van der Waals surface area contributed by atoms with E-state index in [1.807, 2.05) is 18.7 Å². The Morgan fingerprint density at radius 3 is 2.64 bits per heavy atom. The highest BCUT2D eigenvalue weighted by Crippen LogP contribution is 2.41. The van der Waals surface area contributed by atoms with Crippen LogP contribution in [0.4, 0.5) is 0 Å². The average Bonchev–Trinajstić information content (AvgIpc) is 3.29. The summed E-state index contributed by atoms with van der Waals surface area (Å²) >= 11 is 3.50. The third-order valence-electron chi connectivity index (χ3n) is 4.81. The average molecular weight is 404 g/mol. The van der Waals surface area contributed by atoms with Crippen molar-refractivity contribution in [3.8, 4) is 0 Å². The first-order valence-electron chi connectivity index (χ1n) is 8.79. The molecule has 6 heteroatoms. The molecule has 1 aliphatic rings. The second-order valence-electron chi connectivity index (χ2n) is 6.61. The van der Waals surface area contributed by atoms with Crippen molar-refractivity contribution in [1.29, 1.82) is 0 Å². The van der Waals surface area contributed by atoms with Gasteiger partial charge < -0.3 is 10.6 Å². The zero-order valence-corrected chi connectivity index (χ0v) is 16.9. The summed E-state index contributed by atoms with van der Waals surface area (Å²) in [5.74, 6) is 1.45. The number of halogens is 1. The van der Waals surface area contributed by atoms with Crippen LogP contribution in [0.3, 0.4) is 0 Å². The first kappa shape index (κ1) is 18.0. The number of hydrogen-bond donors (Lipinski definition) is 2. The van der Waals surface area contributed by atoms with E-state index >= 15 is 0 Å². The highest BCUT2D eigenvalue weighted by atomic mass is 79.9. The van der Waals surface area contributed by atoms with E-state index in [1.54, 1.807) is 0 Å². The Morgan fingerprint density at radius 1 is 1.32 bits per heavy atom. The number of hydrogen-bond acceptors (Lipinski definition) is 2. The molecule has 5 nitrogen and oxygen atoms in total. The Kier molecular flexibility index (Phi) is 5.47. The van der Waals surface area contributed by atoms with Gasteiger partial charge in [0.05, 0.1) is 12.2 Å². The summed E-state index contributed by atoms with van der Waals surface area (Å²) in [6, 6.07) is 9.07. The lowest BCUT2D eigenvalue weighted by atomic mass is 10.1. The number of aryl methyl sites for hydroxylation is 2. The van der Waals surface area contributed by atoms with E-state index in [2.05, 4.69) is 69.8 Å². The molecule has 25 heavy (non-hydrogen) atoms. The van der Waals surface area contributed by atoms with E-state index in [4.69, 9.17) is 4.99 Å². The lowest BCUT2D eigenvalue weighted by Gasteiger charge is -2.11. The molecule has 0 saturated heterocycles. The van der Waals surface area contributed by atoms with E-state index in [0.29, 0.717) is 18.5 Å². The van der Waals surface area contributed by atoms with Crippen molar-refractivity contribution in [3.63, 3.8) is 0 Å². The molecule has 0 aliphatic heterocycles. The predicted octanol–water partition coefficient (Wildman–Crippen LogP) is 3.41. The smallest absolute Gasteiger partial charge is 0.191 e. The lowest BCUT2D eigenvalue weighted by molar-refractivity contribution is 0.729. The van der Waals surface area contributed by atoms with Crippen LogP contribution in [-0.4, -0.2) is 28.3 Å². The number of nitrogens with one attached hydrogen (secondary N) is 2. The lowest BCUT2D eigenvalue weighted by Crippen LogP contribution is -2.39. The summed E-state index contributed by atoms with van der Waals surface area (Å²) in [6.07, 6.45) is 1.15. The number of aliphatic imine (C=N–C) groups is 1. The van der Waals surface area contributed by atoms with Gasteiger partial charge >= 0.3 is 0 Å². The molecule has 0 spiro atoms. The quantitative estimate of drug-likeness (QED) is 0.593. The maximum absolute atomic E-state index is 4.77. The minimum absolute atomic E-state index is 0.454. The largest absolute Gasteiger partial charge is 0.357 e. The van der Waals surface area contributed by atoms with Crippen molar-refractivity contribution in [3.05, 3.63) is 51.3 Å².